The molecule has 0 unspecified atom stereocenters. The molecule has 2 aromatic carbocycles. The molecule has 0 N–H and O–H groups in total. The van der Waals surface area contributed by atoms with Crippen LogP contribution in [0.2, 0.25) is 0 Å². The average Bonchev–Trinajstić information content (AvgIpc) is 2.80. The number of halogens is 2. The normalized spacial score (nSPS) is 12.4. The van der Waals surface area contributed by atoms with Gasteiger partial charge in [0, 0.05) is 20.4 Å². The van der Waals surface area contributed by atoms with Crippen molar-refractivity contribution in [1.82, 2.24) is 9.66 Å². The number of carbonyl (C=O) groups is 1. The molecule has 0 saturated carbocycles. The van der Waals surface area contributed by atoms with Crippen LogP contribution in [0.15, 0.2) is 49.2 Å². The fourth-order valence-electron chi connectivity index (χ4n) is 3.19. The summed E-state index contributed by atoms with van der Waals surface area (Å²) >= 11 is 6.92. The van der Waals surface area contributed by atoms with Crippen molar-refractivity contribution in [2.75, 3.05) is 13.7 Å². The molecule has 0 fully saturated rings. The Balaban J connectivity index is 2.07. The monoisotopic (exact) mass is 593 g/mol. The van der Waals surface area contributed by atoms with Crippen LogP contribution in [0, 0.1) is 0 Å². The van der Waals surface area contributed by atoms with E-state index in [1.165, 1.54) is 11.8 Å². The summed E-state index contributed by atoms with van der Waals surface area (Å²) in [4.78, 5) is 29.7. The van der Waals surface area contributed by atoms with Crippen molar-refractivity contribution >= 4 is 54.9 Å². The van der Waals surface area contributed by atoms with E-state index in [-0.39, 0.29) is 11.5 Å². The number of rotatable bonds is 8. The molecule has 1 aromatic heterocycles. The number of hydrogen-bond acceptors (Lipinski definition) is 7. The van der Waals surface area contributed by atoms with E-state index >= 15 is 0 Å². The van der Waals surface area contributed by atoms with Gasteiger partial charge in [-0.1, -0.05) is 29.8 Å². The minimum Gasteiger partial charge on any atom is -0.490 e. The van der Waals surface area contributed by atoms with Gasteiger partial charge in [-0.2, -0.15) is 9.78 Å². The minimum atomic E-state index is -0.814. The SMILES string of the molecule is CCOc1cc(C=Nn2c(C(C)C)nc3ccc(Br)cc3c2=O)c(Br)cc1O[C@@H](C)C(=O)OC. The molecule has 3 rings (SSSR count). The number of nitrogens with zero attached hydrogens (tertiary/aromatic N) is 3. The highest BCUT2D eigenvalue weighted by atomic mass is 79.9. The van der Waals surface area contributed by atoms with Gasteiger partial charge in [0.15, 0.2) is 17.6 Å². The number of aromatic nitrogens is 2. The summed E-state index contributed by atoms with van der Waals surface area (Å²) in [5.41, 5.74) is 1.00. The molecule has 1 heterocycles. The van der Waals surface area contributed by atoms with Gasteiger partial charge >= 0.3 is 5.97 Å². The summed E-state index contributed by atoms with van der Waals surface area (Å²) in [5, 5.41) is 4.94. The molecule has 1 atom stereocenters. The third kappa shape index (κ3) is 5.67. The van der Waals surface area contributed by atoms with E-state index in [2.05, 4.69) is 41.9 Å². The highest BCUT2D eigenvalue weighted by Crippen LogP contribution is 2.34. The van der Waals surface area contributed by atoms with Crippen LogP contribution >= 0.6 is 31.9 Å². The Hall–Kier alpha value is -2.72. The lowest BCUT2D eigenvalue weighted by atomic mass is 10.2. The maximum atomic E-state index is 13.2. The number of fused-ring (bicyclic) bond motifs is 1. The summed E-state index contributed by atoms with van der Waals surface area (Å²) in [6.07, 6.45) is 0.740. The molecule has 3 aromatic rings. The number of benzene rings is 2. The van der Waals surface area contributed by atoms with Gasteiger partial charge in [-0.05, 0) is 60.1 Å². The van der Waals surface area contributed by atoms with Gasteiger partial charge in [-0.3, -0.25) is 4.79 Å². The highest BCUT2D eigenvalue weighted by molar-refractivity contribution is 9.10. The summed E-state index contributed by atoms with van der Waals surface area (Å²) in [5.74, 6) is 0.821. The van der Waals surface area contributed by atoms with Gasteiger partial charge in [0.2, 0.25) is 0 Å². The van der Waals surface area contributed by atoms with E-state index in [0.29, 0.717) is 44.9 Å². The molecular formula is C24H25Br2N3O5. The van der Waals surface area contributed by atoms with Crippen LogP contribution in [0.5, 0.6) is 11.5 Å². The second kappa shape index (κ2) is 11.1. The lowest BCUT2D eigenvalue weighted by Crippen LogP contribution is -2.25. The first-order valence-corrected chi connectivity index (χ1v) is 12.2. The van der Waals surface area contributed by atoms with Gasteiger partial charge in [0.05, 0.1) is 30.8 Å². The molecule has 10 heteroatoms. The van der Waals surface area contributed by atoms with Crippen LogP contribution in [-0.4, -0.2) is 41.7 Å². The number of hydrogen-bond donors (Lipinski definition) is 0. The molecule has 0 radical (unpaired) electrons. The van der Waals surface area contributed by atoms with E-state index in [0.717, 1.165) is 4.47 Å². The van der Waals surface area contributed by atoms with Crippen LogP contribution < -0.4 is 15.0 Å². The Bertz CT molecular complexity index is 1300. The van der Waals surface area contributed by atoms with Crippen LogP contribution in [0.1, 0.15) is 45.0 Å². The van der Waals surface area contributed by atoms with Crippen molar-refractivity contribution in [1.29, 1.82) is 0 Å². The summed E-state index contributed by atoms with van der Waals surface area (Å²) in [7, 11) is 1.30. The third-order valence-electron chi connectivity index (χ3n) is 4.86. The molecule has 8 nitrogen and oxygen atoms in total. The van der Waals surface area contributed by atoms with E-state index in [1.807, 2.05) is 26.8 Å². The Kier molecular flexibility index (Phi) is 8.48. The highest BCUT2D eigenvalue weighted by Gasteiger charge is 2.19. The van der Waals surface area contributed by atoms with E-state index in [1.54, 1.807) is 37.4 Å². The predicted molar refractivity (Wildman–Crippen MR) is 138 cm³/mol. The molecule has 0 amide bonds. The molecule has 0 saturated heterocycles. The minimum absolute atomic E-state index is 0.0316. The van der Waals surface area contributed by atoms with Crippen LogP contribution in [-0.2, 0) is 9.53 Å². The van der Waals surface area contributed by atoms with E-state index in [4.69, 9.17) is 14.2 Å². The Morgan fingerprint density at radius 3 is 2.56 bits per heavy atom. The zero-order valence-electron chi connectivity index (χ0n) is 19.5. The van der Waals surface area contributed by atoms with Crippen molar-refractivity contribution in [3.05, 3.63) is 61.0 Å². The van der Waals surface area contributed by atoms with Crippen molar-refractivity contribution in [2.45, 2.75) is 39.7 Å². The number of methoxy groups -OCH3 is 1. The van der Waals surface area contributed by atoms with Gasteiger partial charge in [-0.15, -0.1) is 0 Å². The molecule has 0 aliphatic carbocycles. The summed E-state index contributed by atoms with van der Waals surface area (Å²) < 4.78 is 18.9. The molecule has 0 bridgehead atoms. The first kappa shape index (κ1) is 25.9. The number of esters is 1. The summed E-state index contributed by atoms with van der Waals surface area (Å²) in [6, 6.07) is 8.80. The van der Waals surface area contributed by atoms with Gasteiger partial charge in [0.1, 0.15) is 5.82 Å². The molecule has 0 aliphatic heterocycles. The zero-order chi connectivity index (χ0) is 25.0. The van der Waals surface area contributed by atoms with Crippen LogP contribution in [0.25, 0.3) is 10.9 Å². The Morgan fingerprint density at radius 2 is 1.91 bits per heavy atom. The molecule has 180 valence electrons. The van der Waals surface area contributed by atoms with Crippen molar-refractivity contribution < 1.29 is 19.0 Å². The van der Waals surface area contributed by atoms with Gasteiger partial charge in [0.25, 0.3) is 5.56 Å². The molecule has 0 spiro atoms. The Labute approximate surface area is 214 Å². The second-order valence-electron chi connectivity index (χ2n) is 7.68. The van der Waals surface area contributed by atoms with Gasteiger partial charge < -0.3 is 14.2 Å². The van der Waals surface area contributed by atoms with Crippen molar-refractivity contribution in [3.8, 4) is 11.5 Å². The molecular weight excluding hydrogens is 570 g/mol. The van der Waals surface area contributed by atoms with Crippen LogP contribution in [0.3, 0.4) is 0 Å². The number of carbonyl (C=O) groups excluding carboxylic acids is 1. The second-order valence-corrected chi connectivity index (χ2v) is 9.45. The van der Waals surface area contributed by atoms with E-state index < -0.39 is 12.1 Å². The quantitative estimate of drug-likeness (QED) is 0.261. The zero-order valence-corrected chi connectivity index (χ0v) is 22.6. The maximum Gasteiger partial charge on any atom is 0.346 e. The fraction of sp³-hybridized carbons (Fsp3) is 0.333. The lowest BCUT2D eigenvalue weighted by Gasteiger charge is -2.17. The standard InChI is InChI=1S/C24H25Br2N3O5/c1-6-33-20-9-15(18(26)11-21(20)34-14(4)24(31)32-5)12-27-29-22(13(2)3)28-19-8-7-16(25)10-17(19)23(29)30/h7-14H,6H2,1-5H3/t14-/m0/s1. The summed E-state index contributed by atoms with van der Waals surface area (Å²) in [6.45, 7) is 7.74. The smallest absolute Gasteiger partial charge is 0.346 e. The maximum absolute atomic E-state index is 13.2. The predicted octanol–water partition coefficient (Wildman–Crippen LogP) is 5.27. The van der Waals surface area contributed by atoms with Gasteiger partial charge in [-0.25, -0.2) is 9.78 Å². The molecule has 0 aliphatic rings. The topological polar surface area (TPSA) is 92.0 Å². The first-order chi connectivity index (χ1) is 16.2. The average molecular weight is 595 g/mol. The largest absolute Gasteiger partial charge is 0.490 e. The third-order valence-corrected chi connectivity index (χ3v) is 6.04. The van der Waals surface area contributed by atoms with Crippen LogP contribution in [0.4, 0.5) is 0 Å². The van der Waals surface area contributed by atoms with Crippen molar-refractivity contribution in [2.24, 2.45) is 5.10 Å². The first-order valence-electron chi connectivity index (χ1n) is 10.6. The Morgan fingerprint density at radius 1 is 1.18 bits per heavy atom. The fourth-order valence-corrected chi connectivity index (χ4v) is 3.97. The lowest BCUT2D eigenvalue weighted by molar-refractivity contribution is -0.147. The van der Waals surface area contributed by atoms with Crippen molar-refractivity contribution in [3.63, 3.8) is 0 Å². The van der Waals surface area contributed by atoms with E-state index in [9.17, 15) is 9.59 Å². The molecule has 34 heavy (non-hydrogen) atoms. The number of ether oxygens (including phenoxy) is 3.